The lowest BCUT2D eigenvalue weighted by molar-refractivity contribution is 0.525. The van der Waals surface area contributed by atoms with Gasteiger partial charge in [-0.15, -0.1) is 0 Å². The average molecular weight is 274 g/mol. The van der Waals surface area contributed by atoms with E-state index in [4.69, 9.17) is 23.2 Å². The Hall–Kier alpha value is -0.240. The monoisotopic (exact) mass is 273 g/mol. The highest BCUT2D eigenvalue weighted by Crippen LogP contribution is 2.29. The molecule has 0 saturated heterocycles. The van der Waals surface area contributed by atoms with Crippen LogP contribution in [0.4, 0.5) is 0 Å². The summed E-state index contributed by atoms with van der Waals surface area (Å²) in [6.07, 6.45) is 1.08. The Balaban J connectivity index is 2.46. The Morgan fingerprint density at radius 3 is 2.53 bits per heavy atom. The maximum Gasteiger partial charge on any atom is 0.0441 e. The molecule has 0 aliphatic rings. The molecule has 0 fully saturated rings. The molecule has 0 amide bonds. The standard InChI is InChI=1S/C14H21Cl2N/c1-10(2)9-17-7-6-11(3)13-8-12(15)4-5-14(13)16/h4-5,8,10-11,17H,6-7,9H2,1-3H3. The molecule has 1 atom stereocenters. The second kappa shape index (κ2) is 7.25. The van der Waals surface area contributed by atoms with Crippen molar-refractivity contribution < 1.29 is 0 Å². The summed E-state index contributed by atoms with van der Waals surface area (Å²) in [6.45, 7) is 8.70. The van der Waals surface area contributed by atoms with Crippen molar-refractivity contribution in [2.24, 2.45) is 5.92 Å². The fourth-order valence-corrected chi connectivity index (χ4v) is 2.24. The molecule has 1 unspecified atom stereocenters. The van der Waals surface area contributed by atoms with Crippen molar-refractivity contribution in [3.8, 4) is 0 Å². The van der Waals surface area contributed by atoms with Crippen LogP contribution >= 0.6 is 23.2 Å². The average Bonchev–Trinajstić information content (AvgIpc) is 2.27. The van der Waals surface area contributed by atoms with Crippen LogP contribution in [0.1, 0.15) is 38.7 Å². The molecule has 1 rings (SSSR count). The van der Waals surface area contributed by atoms with Crippen LogP contribution in [0.3, 0.4) is 0 Å². The van der Waals surface area contributed by atoms with Gasteiger partial charge in [0.15, 0.2) is 0 Å². The molecular formula is C14H21Cl2N. The van der Waals surface area contributed by atoms with Crippen LogP contribution < -0.4 is 5.32 Å². The van der Waals surface area contributed by atoms with Gasteiger partial charge in [-0.25, -0.2) is 0 Å². The first kappa shape index (κ1) is 14.8. The molecule has 1 nitrogen and oxygen atoms in total. The minimum absolute atomic E-state index is 0.431. The van der Waals surface area contributed by atoms with Crippen molar-refractivity contribution >= 4 is 23.2 Å². The molecular weight excluding hydrogens is 253 g/mol. The van der Waals surface area contributed by atoms with Crippen molar-refractivity contribution in [1.82, 2.24) is 5.32 Å². The molecule has 17 heavy (non-hydrogen) atoms. The lowest BCUT2D eigenvalue weighted by Gasteiger charge is -2.15. The Labute approximate surface area is 115 Å². The lowest BCUT2D eigenvalue weighted by Crippen LogP contribution is -2.21. The predicted molar refractivity (Wildman–Crippen MR) is 77.2 cm³/mol. The number of halogens is 2. The molecule has 1 aromatic rings. The Bertz CT molecular complexity index is 350. The zero-order valence-corrected chi connectivity index (χ0v) is 12.3. The van der Waals surface area contributed by atoms with E-state index in [1.807, 2.05) is 18.2 Å². The number of hydrogen-bond donors (Lipinski definition) is 1. The van der Waals surface area contributed by atoms with E-state index in [2.05, 4.69) is 26.1 Å². The quantitative estimate of drug-likeness (QED) is 0.739. The molecule has 0 heterocycles. The zero-order valence-electron chi connectivity index (χ0n) is 10.8. The molecule has 1 N–H and O–H groups in total. The first-order chi connectivity index (χ1) is 8.00. The van der Waals surface area contributed by atoms with E-state index in [9.17, 15) is 0 Å². The molecule has 0 aliphatic heterocycles. The van der Waals surface area contributed by atoms with Crippen LogP contribution in [0.15, 0.2) is 18.2 Å². The Kier molecular flexibility index (Phi) is 6.32. The molecule has 1 aromatic carbocycles. The molecule has 0 bridgehead atoms. The van der Waals surface area contributed by atoms with Gasteiger partial charge in [-0.2, -0.15) is 0 Å². The topological polar surface area (TPSA) is 12.0 Å². The van der Waals surface area contributed by atoms with E-state index in [0.29, 0.717) is 11.8 Å². The maximum absolute atomic E-state index is 6.18. The zero-order chi connectivity index (χ0) is 12.8. The van der Waals surface area contributed by atoms with E-state index in [0.717, 1.165) is 35.1 Å². The highest BCUT2D eigenvalue weighted by atomic mass is 35.5. The van der Waals surface area contributed by atoms with Gasteiger partial charge in [0.25, 0.3) is 0 Å². The predicted octanol–water partition coefficient (Wildman–Crippen LogP) is 4.73. The minimum atomic E-state index is 0.431. The van der Waals surface area contributed by atoms with Crippen molar-refractivity contribution in [2.75, 3.05) is 13.1 Å². The fraction of sp³-hybridized carbons (Fsp3) is 0.571. The molecule has 0 aromatic heterocycles. The number of hydrogen-bond acceptors (Lipinski definition) is 1. The Morgan fingerprint density at radius 1 is 1.18 bits per heavy atom. The van der Waals surface area contributed by atoms with Gasteiger partial charge in [-0.05, 0) is 55.1 Å². The van der Waals surface area contributed by atoms with Gasteiger partial charge in [-0.1, -0.05) is 44.0 Å². The first-order valence-corrected chi connectivity index (χ1v) is 6.92. The van der Waals surface area contributed by atoms with Crippen LogP contribution in [0.25, 0.3) is 0 Å². The van der Waals surface area contributed by atoms with Gasteiger partial charge in [0.1, 0.15) is 0 Å². The fourth-order valence-electron chi connectivity index (χ4n) is 1.76. The molecule has 96 valence electrons. The third kappa shape index (κ3) is 5.29. The van der Waals surface area contributed by atoms with Crippen molar-refractivity contribution in [2.45, 2.75) is 33.1 Å². The van der Waals surface area contributed by atoms with Crippen molar-refractivity contribution in [3.05, 3.63) is 33.8 Å². The molecule has 3 heteroatoms. The maximum atomic E-state index is 6.18. The van der Waals surface area contributed by atoms with Gasteiger partial charge in [0.05, 0.1) is 0 Å². The van der Waals surface area contributed by atoms with Crippen LogP contribution in [-0.2, 0) is 0 Å². The summed E-state index contributed by atoms with van der Waals surface area (Å²) in [5, 5.41) is 5.01. The second-order valence-corrected chi connectivity index (χ2v) is 5.80. The van der Waals surface area contributed by atoms with Crippen molar-refractivity contribution in [1.29, 1.82) is 0 Å². The largest absolute Gasteiger partial charge is 0.316 e. The van der Waals surface area contributed by atoms with Gasteiger partial charge in [-0.3, -0.25) is 0 Å². The van der Waals surface area contributed by atoms with Crippen LogP contribution in [0, 0.1) is 5.92 Å². The van der Waals surface area contributed by atoms with Crippen molar-refractivity contribution in [3.63, 3.8) is 0 Å². The molecule has 0 saturated carbocycles. The van der Waals surface area contributed by atoms with E-state index in [-0.39, 0.29) is 0 Å². The summed E-state index contributed by atoms with van der Waals surface area (Å²) < 4.78 is 0. The van der Waals surface area contributed by atoms with Gasteiger partial charge >= 0.3 is 0 Å². The van der Waals surface area contributed by atoms with Crippen LogP contribution in [0.2, 0.25) is 10.0 Å². The number of nitrogens with one attached hydrogen (secondary N) is 1. The summed E-state index contributed by atoms with van der Waals surface area (Å²) in [4.78, 5) is 0. The molecule has 0 spiro atoms. The van der Waals surface area contributed by atoms with E-state index < -0.39 is 0 Å². The van der Waals surface area contributed by atoms with E-state index in [1.165, 1.54) is 0 Å². The smallest absolute Gasteiger partial charge is 0.0441 e. The Morgan fingerprint density at radius 2 is 1.88 bits per heavy atom. The van der Waals surface area contributed by atoms with E-state index >= 15 is 0 Å². The van der Waals surface area contributed by atoms with Gasteiger partial charge in [0, 0.05) is 10.0 Å². The second-order valence-electron chi connectivity index (χ2n) is 4.95. The third-order valence-corrected chi connectivity index (χ3v) is 3.37. The molecule has 0 radical (unpaired) electrons. The number of benzene rings is 1. The van der Waals surface area contributed by atoms with Crippen LogP contribution in [0.5, 0.6) is 0 Å². The summed E-state index contributed by atoms with van der Waals surface area (Å²) in [5.41, 5.74) is 1.14. The minimum Gasteiger partial charge on any atom is -0.316 e. The summed E-state index contributed by atoms with van der Waals surface area (Å²) in [6, 6.07) is 5.67. The lowest BCUT2D eigenvalue weighted by atomic mass is 9.98. The highest BCUT2D eigenvalue weighted by Gasteiger charge is 2.10. The molecule has 0 aliphatic carbocycles. The first-order valence-electron chi connectivity index (χ1n) is 6.16. The normalized spacial score (nSPS) is 13.1. The van der Waals surface area contributed by atoms with Gasteiger partial charge in [0.2, 0.25) is 0 Å². The van der Waals surface area contributed by atoms with Gasteiger partial charge < -0.3 is 5.32 Å². The summed E-state index contributed by atoms with van der Waals surface area (Å²) >= 11 is 12.2. The van der Waals surface area contributed by atoms with Crippen LogP contribution in [-0.4, -0.2) is 13.1 Å². The third-order valence-electron chi connectivity index (χ3n) is 2.80. The highest BCUT2D eigenvalue weighted by molar-refractivity contribution is 6.33. The summed E-state index contributed by atoms with van der Waals surface area (Å²) in [5.74, 6) is 1.13. The summed E-state index contributed by atoms with van der Waals surface area (Å²) in [7, 11) is 0. The van der Waals surface area contributed by atoms with E-state index in [1.54, 1.807) is 0 Å². The number of rotatable bonds is 6. The SMILES string of the molecule is CC(C)CNCCC(C)c1cc(Cl)ccc1Cl.